The van der Waals surface area contributed by atoms with Crippen molar-refractivity contribution < 1.29 is 19.1 Å². The van der Waals surface area contributed by atoms with Crippen LogP contribution in [0.5, 0.6) is 0 Å². The molecule has 1 aromatic heterocycles. The fourth-order valence-electron chi connectivity index (χ4n) is 2.19. The highest BCUT2D eigenvalue weighted by molar-refractivity contribution is 5.95. The van der Waals surface area contributed by atoms with E-state index in [4.69, 9.17) is 14.3 Å². The van der Waals surface area contributed by atoms with Gasteiger partial charge in [0.05, 0.1) is 12.2 Å². The van der Waals surface area contributed by atoms with Gasteiger partial charge in [0.1, 0.15) is 5.52 Å². The normalized spacial score (nSPS) is 10.7. The third-order valence-electron chi connectivity index (χ3n) is 3.24. The van der Waals surface area contributed by atoms with Crippen LogP contribution in [0.15, 0.2) is 52.9 Å². The predicted octanol–water partition coefficient (Wildman–Crippen LogP) is 2.59. The molecular weight excluding hydrogens is 296 g/mol. The molecule has 0 unspecified atom stereocenters. The van der Waals surface area contributed by atoms with E-state index < -0.39 is 5.97 Å². The lowest BCUT2D eigenvalue weighted by molar-refractivity contribution is 0.0441. The van der Waals surface area contributed by atoms with E-state index in [1.54, 1.807) is 24.3 Å². The van der Waals surface area contributed by atoms with Gasteiger partial charge in [-0.25, -0.2) is 9.78 Å². The molecule has 0 amide bonds. The number of carbonyl (C=O) groups excluding carboxylic acids is 1. The number of aliphatic hydroxyl groups excluding tert-OH is 1. The standard InChI is InChI=1S/C17H16N2O4/c20-10-9-18-13-6-2-1-5-12(13)17(21)22-11-16-19-14-7-3-4-8-15(14)23-16/h1-8,18,20H,9-11H2. The van der Waals surface area contributed by atoms with Gasteiger partial charge in [-0.3, -0.25) is 0 Å². The minimum Gasteiger partial charge on any atom is -0.452 e. The Kier molecular flexibility index (Phi) is 4.54. The summed E-state index contributed by atoms with van der Waals surface area (Å²) in [6.07, 6.45) is 0. The molecule has 0 bridgehead atoms. The molecule has 1 heterocycles. The largest absolute Gasteiger partial charge is 0.452 e. The Labute approximate surface area is 132 Å². The Morgan fingerprint density at radius 1 is 1.17 bits per heavy atom. The Bertz CT molecular complexity index is 780. The smallest absolute Gasteiger partial charge is 0.340 e. The van der Waals surface area contributed by atoms with Crippen molar-refractivity contribution in [3.8, 4) is 0 Å². The van der Waals surface area contributed by atoms with E-state index in [1.807, 2.05) is 24.3 Å². The summed E-state index contributed by atoms with van der Waals surface area (Å²) in [6.45, 7) is 0.295. The fourth-order valence-corrected chi connectivity index (χ4v) is 2.19. The molecule has 0 spiro atoms. The van der Waals surface area contributed by atoms with Crippen LogP contribution in [0.2, 0.25) is 0 Å². The highest BCUT2D eigenvalue weighted by Gasteiger charge is 2.14. The first-order valence-electron chi connectivity index (χ1n) is 7.23. The number of aliphatic hydroxyl groups is 1. The third kappa shape index (κ3) is 3.49. The number of nitrogens with one attached hydrogen (secondary N) is 1. The minimum absolute atomic E-state index is 0.0215. The van der Waals surface area contributed by atoms with Gasteiger partial charge in [0.15, 0.2) is 12.2 Å². The van der Waals surface area contributed by atoms with E-state index >= 15 is 0 Å². The van der Waals surface area contributed by atoms with Crippen molar-refractivity contribution in [1.82, 2.24) is 4.98 Å². The van der Waals surface area contributed by atoms with E-state index in [0.717, 1.165) is 5.52 Å². The quantitative estimate of drug-likeness (QED) is 0.681. The second-order valence-corrected chi connectivity index (χ2v) is 4.85. The van der Waals surface area contributed by atoms with Crippen molar-refractivity contribution in [3.05, 3.63) is 60.0 Å². The van der Waals surface area contributed by atoms with Gasteiger partial charge in [0.2, 0.25) is 5.89 Å². The van der Waals surface area contributed by atoms with E-state index in [9.17, 15) is 4.79 Å². The molecule has 3 rings (SSSR count). The van der Waals surface area contributed by atoms with Crippen LogP contribution >= 0.6 is 0 Å². The van der Waals surface area contributed by atoms with Crippen LogP contribution in [0.25, 0.3) is 11.1 Å². The van der Waals surface area contributed by atoms with Crippen LogP contribution in [-0.2, 0) is 11.3 Å². The van der Waals surface area contributed by atoms with Crippen LogP contribution in [0.4, 0.5) is 5.69 Å². The molecule has 0 radical (unpaired) electrons. The monoisotopic (exact) mass is 312 g/mol. The topological polar surface area (TPSA) is 84.6 Å². The number of para-hydroxylation sites is 3. The zero-order chi connectivity index (χ0) is 16.1. The zero-order valence-electron chi connectivity index (χ0n) is 12.4. The van der Waals surface area contributed by atoms with E-state index in [0.29, 0.717) is 29.3 Å². The van der Waals surface area contributed by atoms with E-state index in [2.05, 4.69) is 10.3 Å². The van der Waals surface area contributed by atoms with Crippen molar-refractivity contribution in [1.29, 1.82) is 0 Å². The Balaban J connectivity index is 1.69. The zero-order valence-corrected chi connectivity index (χ0v) is 12.4. The minimum atomic E-state index is -0.478. The maximum atomic E-state index is 12.2. The summed E-state index contributed by atoms with van der Waals surface area (Å²) in [6, 6.07) is 14.3. The number of oxazole rings is 1. The molecule has 0 saturated carbocycles. The lowest BCUT2D eigenvalue weighted by Crippen LogP contribution is -2.12. The molecule has 6 nitrogen and oxygen atoms in total. The van der Waals surface area contributed by atoms with Crippen molar-refractivity contribution >= 4 is 22.8 Å². The molecule has 0 fully saturated rings. The average molecular weight is 312 g/mol. The summed E-state index contributed by atoms with van der Waals surface area (Å²) in [5, 5.41) is 11.9. The number of hydrogen-bond acceptors (Lipinski definition) is 6. The molecule has 0 aliphatic heterocycles. The predicted molar refractivity (Wildman–Crippen MR) is 85.1 cm³/mol. The maximum absolute atomic E-state index is 12.2. The van der Waals surface area contributed by atoms with Crippen LogP contribution < -0.4 is 5.32 Å². The lowest BCUT2D eigenvalue weighted by atomic mass is 10.2. The van der Waals surface area contributed by atoms with Gasteiger partial charge in [-0.15, -0.1) is 0 Å². The van der Waals surface area contributed by atoms with Gasteiger partial charge in [-0.05, 0) is 24.3 Å². The number of benzene rings is 2. The Hall–Kier alpha value is -2.86. The molecule has 23 heavy (non-hydrogen) atoms. The fraction of sp³-hybridized carbons (Fsp3) is 0.176. The summed E-state index contributed by atoms with van der Waals surface area (Å²) >= 11 is 0. The first kappa shape index (κ1) is 15.1. The van der Waals surface area contributed by atoms with Gasteiger partial charge in [0.25, 0.3) is 0 Å². The average Bonchev–Trinajstić information content (AvgIpc) is 3.01. The second kappa shape index (κ2) is 6.93. The molecule has 0 atom stereocenters. The van der Waals surface area contributed by atoms with Crippen molar-refractivity contribution in [2.24, 2.45) is 0 Å². The number of fused-ring (bicyclic) bond motifs is 1. The molecule has 0 aliphatic rings. The van der Waals surface area contributed by atoms with Gasteiger partial charge in [-0.1, -0.05) is 24.3 Å². The number of hydrogen-bond donors (Lipinski definition) is 2. The Morgan fingerprint density at radius 3 is 2.78 bits per heavy atom. The van der Waals surface area contributed by atoms with E-state index in [1.165, 1.54) is 0 Å². The number of aromatic nitrogens is 1. The summed E-state index contributed by atoms with van der Waals surface area (Å²) in [5.41, 5.74) is 2.40. The highest BCUT2D eigenvalue weighted by Crippen LogP contribution is 2.18. The van der Waals surface area contributed by atoms with Crippen molar-refractivity contribution in [2.75, 3.05) is 18.5 Å². The summed E-state index contributed by atoms with van der Waals surface area (Å²) in [4.78, 5) is 16.5. The third-order valence-corrected chi connectivity index (χ3v) is 3.24. The van der Waals surface area contributed by atoms with Gasteiger partial charge < -0.3 is 19.6 Å². The van der Waals surface area contributed by atoms with Crippen LogP contribution in [0.1, 0.15) is 16.2 Å². The molecule has 0 aliphatic carbocycles. The van der Waals surface area contributed by atoms with Gasteiger partial charge in [-0.2, -0.15) is 0 Å². The second-order valence-electron chi connectivity index (χ2n) is 4.85. The number of esters is 1. The summed E-state index contributed by atoms with van der Waals surface area (Å²) in [7, 11) is 0. The first-order valence-corrected chi connectivity index (χ1v) is 7.23. The summed E-state index contributed by atoms with van der Waals surface area (Å²) in [5.74, 6) is -0.131. The maximum Gasteiger partial charge on any atom is 0.340 e. The highest BCUT2D eigenvalue weighted by atomic mass is 16.5. The number of carbonyl (C=O) groups is 1. The van der Waals surface area contributed by atoms with Gasteiger partial charge >= 0.3 is 5.97 Å². The van der Waals surface area contributed by atoms with Crippen LogP contribution in [0.3, 0.4) is 0 Å². The van der Waals surface area contributed by atoms with Crippen LogP contribution in [-0.4, -0.2) is 29.2 Å². The number of ether oxygens (including phenoxy) is 1. The SMILES string of the molecule is O=C(OCc1nc2ccccc2o1)c1ccccc1NCCO. The molecule has 2 N–H and O–H groups in total. The summed E-state index contributed by atoms with van der Waals surface area (Å²) < 4.78 is 10.8. The Morgan fingerprint density at radius 2 is 1.96 bits per heavy atom. The molecule has 6 heteroatoms. The van der Waals surface area contributed by atoms with Crippen LogP contribution in [0, 0.1) is 0 Å². The molecule has 3 aromatic rings. The molecule has 2 aromatic carbocycles. The number of rotatable bonds is 6. The van der Waals surface area contributed by atoms with Crippen molar-refractivity contribution in [2.45, 2.75) is 6.61 Å². The van der Waals surface area contributed by atoms with E-state index in [-0.39, 0.29) is 13.2 Å². The molecule has 0 saturated heterocycles. The number of anilines is 1. The lowest BCUT2D eigenvalue weighted by Gasteiger charge is -2.10. The van der Waals surface area contributed by atoms with Gasteiger partial charge in [0, 0.05) is 12.2 Å². The first-order chi connectivity index (χ1) is 11.3. The molecule has 118 valence electrons. The molecular formula is C17H16N2O4. The van der Waals surface area contributed by atoms with Crippen molar-refractivity contribution in [3.63, 3.8) is 0 Å². The number of nitrogens with zero attached hydrogens (tertiary/aromatic N) is 1.